The van der Waals surface area contributed by atoms with Crippen LogP contribution in [0.2, 0.25) is 0 Å². The van der Waals surface area contributed by atoms with Crippen molar-refractivity contribution >= 4 is 27.1 Å². The summed E-state index contributed by atoms with van der Waals surface area (Å²) in [6, 6.07) is 14.4. The highest BCUT2D eigenvalue weighted by Crippen LogP contribution is 2.26. The third-order valence-corrected chi connectivity index (χ3v) is 6.59. The van der Waals surface area contributed by atoms with Crippen molar-refractivity contribution in [1.82, 2.24) is 25.1 Å². The summed E-state index contributed by atoms with van der Waals surface area (Å²) in [4.78, 5) is 18.3. The van der Waals surface area contributed by atoms with Crippen LogP contribution in [0.3, 0.4) is 0 Å². The number of aliphatic hydroxyl groups is 1. The molecule has 0 saturated heterocycles. The molecule has 5 N–H and O–H groups in total. The van der Waals surface area contributed by atoms with Gasteiger partial charge in [0.2, 0.25) is 11.2 Å². The molecular weight excluding hydrogens is 534 g/mol. The first-order chi connectivity index (χ1) is 18.4. The molecule has 2 aromatic rings. The standard InChI is InChI=1S/C23H20N7O8S/c1-13-5-8-17(9-6-13)39(37,38)28-27-21(23(32)24-14-3-2-4-15(11-14)29(33)34)20-22(31)26-19-12-16(30(35)36)7-10-18(19)25-20/h2-12,24,26-28H,1H3,(H2-,25,31,32,35,36)/q-1/p-1. The number of hydrazine groups is 1. The van der Waals surface area contributed by atoms with Gasteiger partial charge in [0.1, 0.15) is 11.4 Å². The van der Waals surface area contributed by atoms with Crippen LogP contribution in [0.15, 0.2) is 77.5 Å². The molecule has 1 aliphatic carbocycles. The molecule has 39 heavy (non-hydrogen) atoms. The number of nitrogens with one attached hydrogen (secondary N) is 4. The molecule has 0 spiro atoms. The number of non-ortho nitro benzene ring substituents is 1. The van der Waals surface area contributed by atoms with E-state index in [1.54, 1.807) is 19.1 Å². The maximum Gasteiger partial charge on any atom is 0.271 e. The Morgan fingerprint density at radius 2 is 1.74 bits per heavy atom. The number of aliphatic hydroxyl groups excluding tert-OH is 1. The fourth-order valence-electron chi connectivity index (χ4n) is 3.38. The first kappa shape index (κ1) is 26.7. The number of hydrogen-bond donors (Lipinski definition) is 5. The third kappa shape index (κ3) is 5.97. The lowest BCUT2D eigenvalue weighted by atomic mass is 10.2. The van der Waals surface area contributed by atoms with Crippen LogP contribution in [0.1, 0.15) is 11.3 Å². The minimum absolute atomic E-state index is 0.0173. The number of aromatic nitrogens is 2. The monoisotopic (exact) mass is 553 g/mol. The Hall–Kier alpha value is -5.35. The summed E-state index contributed by atoms with van der Waals surface area (Å²) in [6.07, 6.45) is 0. The summed E-state index contributed by atoms with van der Waals surface area (Å²) >= 11 is 0. The third-order valence-electron chi connectivity index (χ3n) is 5.32. The number of H-pyrrole nitrogens is 1. The van der Waals surface area contributed by atoms with Crippen LogP contribution in [-0.4, -0.2) is 28.4 Å². The second-order valence-corrected chi connectivity index (χ2v) is 9.76. The van der Waals surface area contributed by atoms with Crippen molar-refractivity contribution < 1.29 is 23.6 Å². The SMILES string of the molecule is Cc1ccc(S(=O)(=O)NNC(=C(O)Nc2cccc([N+](=O)[O-])c2)c2nc3ccc(=[N+]([O-])[O-])cc-3[nH]c2[O-])cc1. The Labute approximate surface area is 220 Å². The van der Waals surface area contributed by atoms with E-state index in [0.29, 0.717) is 0 Å². The Morgan fingerprint density at radius 3 is 2.41 bits per heavy atom. The highest BCUT2D eigenvalue weighted by Gasteiger charge is 2.20. The summed E-state index contributed by atoms with van der Waals surface area (Å²) < 4.78 is 25.7. The van der Waals surface area contributed by atoms with E-state index in [4.69, 9.17) is 0 Å². The minimum Gasteiger partial charge on any atom is -0.859 e. The van der Waals surface area contributed by atoms with Crippen molar-refractivity contribution in [2.24, 2.45) is 0 Å². The van der Waals surface area contributed by atoms with Crippen molar-refractivity contribution in [3.63, 3.8) is 0 Å². The number of sulfonamides is 1. The van der Waals surface area contributed by atoms with E-state index in [-0.39, 0.29) is 33.0 Å². The minimum atomic E-state index is -4.21. The molecule has 15 nitrogen and oxygen atoms in total. The number of hydrogen-bond acceptors (Lipinski definition) is 11. The maximum absolute atomic E-state index is 12.9. The molecule has 4 rings (SSSR count). The summed E-state index contributed by atoms with van der Waals surface area (Å²) in [5.74, 6) is -1.76. The number of rotatable bonds is 8. The van der Waals surface area contributed by atoms with Gasteiger partial charge in [-0.25, -0.2) is 13.4 Å². The van der Waals surface area contributed by atoms with Gasteiger partial charge in [-0.05, 0) is 37.1 Å². The summed E-state index contributed by atoms with van der Waals surface area (Å²) in [5, 5.41) is 59.2. The maximum atomic E-state index is 12.9. The first-order valence-electron chi connectivity index (χ1n) is 10.9. The van der Waals surface area contributed by atoms with Gasteiger partial charge < -0.3 is 36.4 Å². The topological polar surface area (TPSA) is 234 Å². The first-order valence-corrected chi connectivity index (χ1v) is 12.4. The molecule has 2 aromatic carbocycles. The van der Waals surface area contributed by atoms with Gasteiger partial charge in [0, 0.05) is 30.0 Å². The second kappa shape index (κ2) is 10.6. The van der Waals surface area contributed by atoms with Crippen molar-refractivity contribution in [2.45, 2.75) is 11.8 Å². The Kier molecular flexibility index (Phi) is 7.23. The normalized spacial score (nSPS) is 12.0. The lowest BCUT2D eigenvalue weighted by molar-refractivity contribution is -0.384. The number of aryl methyl sites for hydroxylation is 1. The number of benzene rings is 3. The quantitative estimate of drug-likeness (QED) is 0.119. The molecule has 16 heteroatoms. The molecule has 0 aromatic heterocycles. The molecule has 0 amide bonds. The van der Waals surface area contributed by atoms with Gasteiger partial charge in [-0.15, -0.1) is 4.83 Å². The number of nitro benzene ring substituents is 1. The molecule has 0 unspecified atom stereocenters. The summed E-state index contributed by atoms with van der Waals surface area (Å²) in [6.45, 7) is 1.77. The van der Waals surface area contributed by atoms with Gasteiger partial charge in [0.15, 0.2) is 0 Å². The van der Waals surface area contributed by atoms with Crippen molar-refractivity contribution in [3.05, 3.63) is 110 Å². The van der Waals surface area contributed by atoms with E-state index in [9.17, 15) is 39.2 Å². The van der Waals surface area contributed by atoms with E-state index in [2.05, 4.69) is 25.5 Å². The van der Waals surface area contributed by atoms with Crippen LogP contribution in [0.25, 0.3) is 17.1 Å². The number of fused-ring (bicyclic) bond motifs is 1. The largest absolute Gasteiger partial charge is 0.859 e. The second-order valence-electron chi connectivity index (χ2n) is 8.07. The number of nitro groups is 1. The molecule has 202 valence electrons. The molecule has 1 heterocycles. The van der Waals surface area contributed by atoms with E-state index in [1.165, 1.54) is 36.4 Å². The van der Waals surface area contributed by atoms with Crippen molar-refractivity contribution in [1.29, 1.82) is 0 Å². The van der Waals surface area contributed by atoms with Crippen molar-refractivity contribution in [2.75, 3.05) is 5.32 Å². The molecule has 1 aliphatic heterocycles. The Balaban J connectivity index is 1.80. The predicted molar refractivity (Wildman–Crippen MR) is 138 cm³/mol. The van der Waals surface area contributed by atoms with E-state index < -0.39 is 43.0 Å². The average Bonchev–Trinajstić information content (AvgIpc) is 2.89. The lowest BCUT2D eigenvalue weighted by Gasteiger charge is -2.21. The van der Waals surface area contributed by atoms with E-state index >= 15 is 0 Å². The van der Waals surface area contributed by atoms with Crippen LogP contribution in [0.5, 0.6) is 5.88 Å². The van der Waals surface area contributed by atoms with Crippen molar-refractivity contribution in [3.8, 4) is 17.3 Å². The summed E-state index contributed by atoms with van der Waals surface area (Å²) in [7, 11) is -4.21. The highest BCUT2D eigenvalue weighted by molar-refractivity contribution is 7.89. The van der Waals surface area contributed by atoms with Gasteiger partial charge in [0.05, 0.1) is 21.2 Å². The zero-order valence-electron chi connectivity index (χ0n) is 19.9. The van der Waals surface area contributed by atoms with Crippen LogP contribution in [0, 0.1) is 27.5 Å². The fraction of sp³-hybridized carbons (Fsp3) is 0.0435. The Bertz CT molecular complexity index is 1730. The van der Waals surface area contributed by atoms with Crippen LogP contribution < -0.4 is 30.9 Å². The average molecular weight is 554 g/mol. The van der Waals surface area contributed by atoms with Crippen LogP contribution in [-0.2, 0) is 10.0 Å². The molecular formula is C23H19N7O8S-2. The van der Waals surface area contributed by atoms with Crippen LogP contribution in [0.4, 0.5) is 11.4 Å². The molecule has 0 radical (unpaired) electrons. The highest BCUT2D eigenvalue weighted by atomic mass is 32.2. The number of aromatic amines is 1. The molecule has 0 fully saturated rings. The van der Waals surface area contributed by atoms with Gasteiger partial charge >= 0.3 is 0 Å². The van der Waals surface area contributed by atoms with Gasteiger partial charge in [0.25, 0.3) is 15.7 Å². The van der Waals surface area contributed by atoms with E-state index in [1.807, 2.05) is 0 Å². The molecule has 0 saturated carbocycles. The van der Waals surface area contributed by atoms with Gasteiger partial charge in [-0.3, -0.25) is 10.1 Å². The van der Waals surface area contributed by atoms with Crippen LogP contribution >= 0.6 is 0 Å². The molecule has 2 aliphatic rings. The number of anilines is 1. The predicted octanol–water partition coefficient (Wildman–Crippen LogP) is 1.35. The van der Waals surface area contributed by atoms with E-state index in [0.717, 1.165) is 23.8 Å². The van der Waals surface area contributed by atoms with Gasteiger partial charge in [-0.2, -0.15) is 4.90 Å². The zero-order valence-corrected chi connectivity index (χ0v) is 20.7. The lowest BCUT2D eigenvalue weighted by Crippen LogP contribution is -2.37. The smallest absolute Gasteiger partial charge is 0.271 e. The molecule has 0 bridgehead atoms. The molecule has 0 atom stereocenters. The fourth-order valence-corrected chi connectivity index (χ4v) is 4.23. The van der Waals surface area contributed by atoms with Gasteiger partial charge in [-0.1, -0.05) is 23.8 Å². The number of nitrogens with zero attached hydrogens (tertiary/aromatic N) is 3. The zero-order chi connectivity index (χ0) is 28.3. The Morgan fingerprint density at radius 1 is 1.03 bits per heavy atom. The summed E-state index contributed by atoms with van der Waals surface area (Å²) in [5.41, 5.74) is 1.89.